The van der Waals surface area contributed by atoms with Gasteiger partial charge >= 0.3 is 0 Å². The lowest BCUT2D eigenvalue weighted by molar-refractivity contribution is -0.123. The third-order valence-electron chi connectivity index (χ3n) is 3.73. The van der Waals surface area contributed by atoms with Crippen LogP contribution in [0.15, 0.2) is 18.2 Å². The van der Waals surface area contributed by atoms with Gasteiger partial charge in [-0.05, 0) is 57.3 Å². The van der Waals surface area contributed by atoms with E-state index >= 15 is 0 Å². The van der Waals surface area contributed by atoms with Gasteiger partial charge in [-0.1, -0.05) is 17.7 Å². The van der Waals surface area contributed by atoms with E-state index in [0.717, 1.165) is 37.4 Å². The Morgan fingerprint density at radius 2 is 2.30 bits per heavy atom. The average Bonchev–Trinajstić information content (AvgIpc) is 2.91. The van der Waals surface area contributed by atoms with Gasteiger partial charge in [-0.25, -0.2) is 0 Å². The Kier molecular flexibility index (Phi) is 5.41. The Bertz CT molecular complexity index is 454. The molecule has 1 saturated heterocycles. The first-order valence-electron chi connectivity index (χ1n) is 7.32. The maximum absolute atomic E-state index is 11.7. The van der Waals surface area contributed by atoms with E-state index in [0.29, 0.717) is 5.92 Å². The number of nitrogens with one attached hydrogen (secondary N) is 2. The summed E-state index contributed by atoms with van der Waals surface area (Å²) in [6.45, 7) is 7.05. The van der Waals surface area contributed by atoms with E-state index < -0.39 is 0 Å². The predicted molar refractivity (Wildman–Crippen MR) is 80.0 cm³/mol. The first-order chi connectivity index (χ1) is 9.65. The molecule has 1 atom stereocenters. The molecular formula is C16H24N2O2. The van der Waals surface area contributed by atoms with Crippen molar-refractivity contribution in [3.8, 4) is 5.75 Å². The maximum Gasteiger partial charge on any atom is 0.257 e. The minimum Gasteiger partial charge on any atom is -0.484 e. The Balaban J connectivity index is 1.66. The van der Waals surface area contributed by atoms with Crippen molar-refractivity contribution >= 4 is 5.91 Å². The number of benzene rings is 1. The number of carbonyl (C=O) groups excluding carboxylic acids is 1. The topological polar surface area (TPSA) is 50.4 Å². The lowest BCUT2D eigenvalue weighted by atomic mass is 10.1. The average molecular weight is 276 g/mol. The van der Waals surface area contributed by atoms with Crippen LogP contribution in [0, 0.1) is 19.8 Å². The van der Waals surface area contributed by atoms with Crippen LogP contribution in [0.3, 0.4) is 0 Å². The molecule has 1 aromatic carbocycles. The normalized spacial score (nSPS) is 18.0. The number of amides is 1. The lowest BCUT2D eigenvalue weighted by Gasteiger charge is -2.11. The number of hydrogen-bond acceptors (Lipinski definition) is 3. The molecule has 0 aromatic heterocycles. The van der Waals surface area contributed by atoms with Gasteiger partial charge in [0.15, 0.2) is 6.61 Å². The molecule has 2 N–H and O–H groups in total. The molecule has 0 spiro atoms. The van der Waals surface area contributed by atoms with Gasteiger partial charge < -0.3 is 15.4 Å². The van der Waals surface area contributed by atoms with Gasteiger partial charge in [-0.15, -0.1) is 0 Å². The Morgan fingerprint density at radius 3 is 3.00 bits per heavy atom. The van der Waals surface area contributed by atoms with Crippen LogP contribution in [-0.2, 0) is 4.79 Å². The van der Waals surface area contributed by atoms with Crippen molar-refractivity contribution in [3.63, 3.8) is 0 Å². The molecule has 0 saturated carbocycles. The van der Waals surface area contributed by atoms with Crippen molar-refractivity contribution in [1.82, 2.24) is 10.6 Å². The fourth-order valence-electron chi connectivity index (χ4n) is 2.53. The van der Waals surface area contributed by atoms with Crippen molar-refractivity contribution < 1.29 is 9.53 Å². The van der Waals surface area contributed by atoms with Crippen LogP contribution in [-0.4, -0.2) is 32.1 Å². The van der Waals surface area contributed by atoms with E-state index in [4.69, 9.17) is 4.74 Å². The first kappa shape index (κ1) is 14.9. The van der Waals surface area contributed by atoms with Gasteiger partial charge in [-0.3, -0.25) is 4.79 Å². The van der Waals surface area contributed by atoms with Gasteiger partial charge in [-0.2, -0.15) is 0 Å². The molecule has 0 bridgehead atoms. The van der Waals surface area contributed by atoms with Crippen LogP contribution in [0.4, 0.5) is 0 Å². The molecule has 110 valence electrons. The summed E-state index contributed by atoms with van der Waals surface area (Å²) < 4.78 is 5.55. The smallest absolute Gasteiger partial charge is 0.257 e. The third-order valence-corrected chi connectivity index (χ3v) is 3.73. The van der Waals surface area contributed by atoms with Crippen LogP contribution in [0.5, 0.6) is 5.75 Å². The quantitative estimate of drug-likeness (QED) is 0.833. The van der Waals surface area contributed by atoms with Crippen molar-refractivity contribution in [3.05, 3.63) is 29.3 Å². The summed E-state index contributed by atoms with van der Waals surface area (Å²) in [6.07, 6.45) is 2.26. The summed E-state index contributed by atoms with van der Waals surface area (Å²) in [5, 5.41) is 6.25. The molecule has 1 aliphatic rings. The number of rotatable bonds is 6. The second-order valence-electron chi connectivity index (χ2n) is 5.56. The number of ether oxygens (including phenoxy) is 1. The van der Waals surface area contributed by atoms with Gasteiger partial charge in [0.1, 0.15) is 5.75 Å². The highest BCUT2D eigenvalue weighted by molar-refractivity contribution is 5.77. The van der Waals surface area contributed by atoms with Crippen LogP contribution < -0.4 is 15.4 Å². The standard InChI is InChI=1S/C16H24N2O2/c1-12-3-4-15(13(2)9-12)20-11-16(19)18-8-6-14-5-7-17-10-14/h3-4,9,14,17H,5-8,10-11H2,1-2H3,(H,18,19). The van der Waals surface area contributed by atoms with Crippen LogP contribution in [0.25, 0.3) is 0 Å². The van der Waals surface area contributed by atoms with Crippen LogP contribution in [0.1, 0.15) is 24.0 Å². The van der Waals surface area contributed by atoms with Crippen molar-refractivity contribution in [2.24, 2.45) is 5.92 Å². The van der Waals surface area contributed by atoms with Gasteiger partial charge in [0.25, 0.3) is 5.91 Å². The Labute approximate surface area is 120 Å². The van der Waals surface area contributed by atoms with Crippen molar-refractivity contribution in [2.75, 3.05) is 26.2 Å². The van der Waals surface area contributed by atoms with Gasteiger partial charge in [0.05, 0.1) is 0 Å². The number of carbonyl (C=O) groups is 1. The largest absolute Gasteiger partial charge is 0.484 e. The zero-order valence-electron chi connectivity index (χ0n) is 12.4. The zero-order chi connectivity index (χ0) is 14.4. The van der Waals surface area contributed by atoms with E-state index in [1.807, 2.05) is 26.0 Å². The number of hydrogen-bond donors (Lipinski definition) is 2. The molecule has 20 heavy (non-hydrogen) atoms. The van der Waals surface area contributed by atoms with Gasteiger partial charge in [0.2, 0.25) is 0 Å². The van der Waals surface area contributed by atoms with E-state index in [1.54, 1.807) is 0 Å². The Morgan fingerprint density at radius 1 is 1.45 bits per heavy atom. The molecule has 0 aliphatic carbocycles. The molecule has 1 aromatic rings. The minimum atomic E-state index is -0.0454. The van der Waals surface area contributed by atoms with E-state index in [1.165, 1.54) is 12.0 Å². The SMILES string of the molecule is Cc1ccc(OCC(=O)NCCC2CCNC2)c(C)c1. The third kappa shape index (κ3) is 4.53. The highest BCUT2D eigenvalue weighted by atomic mass is 16.5. The lowest BCUT2D eigenvalue weighted by Crippen LogP contribution is -2.31. The molecule has 2 rings (SSSR count). The van der Waals surface area contributed by atoms with E-state index in [9.17, 15) is 4.79 Å². The fourth-order valence-corrected chi connectivity index (χ4v) is 2.53. The first-order valence-corrected chi connectivity index (χ1v) is 7.32. The molecule has 0 radical (unpaired) electrons. The van der Waals surface area contributed by atoms with Crippen molar-refractivity contribution in [2.45, 2.75) is 26.7 Å². The number of aryl methyl sites for hydroxylation is 2. The second-order valence-corrected chi connectivity index (χ2v) is 5.56. The zero-order valence-corrected chi connectivity index (χ0v) is 12.4. The minimum absolute atomic E-state index is 0.0454. The summed E-state index contributed by atoms with van der Waals surface area (Å²) in [7, 11) is 0. The highest BCUT2D eigenvalue weighted by Crippen LogP contribution is 2.18. The van der Waals surface area contributed by atoms with E-state index in [2.05, 4.69) is 16.7 Å². The molecule has 1 aliphatic heterocycles. The molecule has 1 amide bonds. The molecule has 1 heterocycles. The fraction of sp³-hybridized carbons (Fsp3) is 0.562. The summed E-state index contributed by atoms with van der Waals surface area (Å²) in [5.74, 6) is 1.44. The second kappa shape index (κ2) is 7.29. The Hall–Kier alpha value is -1.55. The predicted octanol–water partition coefficient (Wildman–Crippen LogP) is 1.80. The molecule has 4 nitrogen and oxygen atoms in total. The molecule has 1 fully saturated rings. The summed E-state index contributed by atoms with van der Waals surface area (Å²) >= 11 is 0. The molecular weight excluding hydrogens is 252 g/mol. The maximum atomic E-state index is 11.7. The summed E-state index contributed by atoms with van der Waals surface area (Å²) in [5.41, 5.74) is 2.26. The van der Waals surface area contributed by atoms with Crippen LogP contribution in [0.2, 0.25) is 0 Å². The molecule has 1 unspecified atom stereocenters. The van der Waals surface area contributed by atoms with Gasteiger partial charge in [0, 0.05) is 6.54 Å². The monoisotopic (exact) mass is 276 g/mol. The summed E-state index contributed by atoms with van der Waals surface area (Å²) in [4.78, 5) is 11.7. The van der Waals surface area contributed by atoms with E-state index in [-0.39, 0.29) is 12.5 Å². The summed E-state index contributed by atoms with van der Waals surface area (Å²) in [6, 6.07) is 5.97. The van der Waals surface area contributed by atoms with Crippen LogP contribution >= 0.6 is 0 Å². The highest BCUT2D eigenvalue weighted by Gasteiger charge is 2.14. The molecule has 4 heteroatoms. The van der Waals surface area contributed by atoms with Crippen molar-refractivity contribution in [1.29, 1.82) is 0 Å².